The molecule has 1 aliphatic rings. The van der Waals surface area contributed by atoms with Crippen molar-refractivity contribution in [3.8, 4) is 11.5 Å². The molecule has 1 heterocycles. The van der Waals surface area contributed by atoms with E-state index >= 15 is 0 Å². The SMILES string of the molecule is COC(=O)CN1C(=O)S/C(=C\c2ccc(OC(=O)c3cccc(Br)c3)c(OC)c2)C1=O. The number of benzene rings is 2. The molecule has 1 saturated heterocycles. The summed E-state index contributed by atoms with van der Waals surface area (Å²) in [5.74, 6) is -1.38. The molecule has 0 aliphatic carbocycles. The van der Waals surface area contributed by atoms with Crippen LogP contribution in [0.1, 0.15) is 15.9 Å². The van der Waals surface area contributed by atoms with Crippen molar-refractivity contribution < 1.29 is 33.4 Å². The fraction of sp³-hybridized carbons (Fsp3) is 0.143. The van der Waals surface area contributed by atoms with Crippen molar-refractivity contribution in [2.24, 2.45) is 0 Å². The number of ether oxygens (including phenoxy) is 3. The predicted octanol–water partition coefficient (Wildman–Crippen LogP) is 3.89. The molecule has 2 aromatic rings. The van der Waals surface area contributed by atoms with Crippen molar-refractivity contribution in [1.82, 2.24) is 4.90 Å². The fourth-order valence-corrected chi connectivity index (χ4v) is 3.85. The molecular weight excluding hydrogens is 490 g/mol. The molecule has 2 amide bonds. The van der Waals surface area contributed by atoms with Crippen LogP contribution in [0.25, 0.3) is 6.08 Å². The van der Waals surface area contributed by atoms with Crippen molar-refractivity contribution in [3.63, 3.8) is 0 Å². The monoisotopic (exact) mass is 505 g/mol. The summed E-state index contributed by atoms with van der Waals surface area (Å²) in [5, 5.41) is -0.562. The van der Waals surface area contributed by atoms with E-state index in [0.29, 0.717) is 22.9 Å². The Morgan fingerprint density at radius 2 is 1.87 bits per heavy atom. The molecule has 31 heavy (non-hydrogen) atoms. The number of carbonyl (C=O) groups excluding carboxylic acids is 4. The van der Waals surface area contributed by atoms with E-state index in [1.165, 1.54) is 26.4 Å². The van der Waals surface area contributed by atoms with Crippen LogP contribution in [0.4, 0.5) is 4.79 Å². The molecule has 8 nitrogen and oxygen atoms in total. The smallest absolute Gasteiger partial charge is 0.343 e. The van der Waals surface area contributed by atoms with Crippen LogP contribution < -0.4 is 9.47 Å². The summed E-state index contributed by atoms with van der Waals surface area (Å²) >= 11 is 4.02. The van der Waals surface area contributed by atoms with Gasteiger partial charge >= 0.3 is 11.9 Å². The van der Waals surface area contributed by atoms with Gasteiger partial charge in [0.2, 0.25) is 0 Å². The Morgan fingerprint density at radius 3 is 2.55 bits per heavy atom. The third kappa shape index (κ3) is 5.33. The molecule has 3 rings (SSSR count). The van der Waals surface area contributed by atoms with E-state index < -0.39 is 29.6 Å². The van der Waals surface area contributed by atoms with E-state index in [0.717, 1.165) is 9.37 Å². The Hall–Kier alpha value is -3.11. The van der Waals surface area contributed by atoms with E-state index in [1.54, 1.807) is 36.4 Å². The number of methoxy groups -OCH3 is 2. The minimum atomic E-state index is -0.693. The molecule has 1 aliphatic heterocycles. The Morgan fingerprint density at radius 1 is 1.10 bits per heavy atom. The van der Waals surface area contributed by atoms with Gasteiger partial charge in [-0.2, -0.15) is 0 Å². The summed E-state index contributed by atoms with van der Waals surface area (Å²) in [6.07, 6.45) is 1.49. The summed E-state index contributed by atoms with van der Waals surface area (Å²) in [4.78, 5) is 49.2. The Balaban J connectivity index is 1.80. The van der Waals surface area contributed by atoms with Gasteiger partial charge in [0.25, 0.3) is 11.1 Å². The van der Waals surface area contributed by atoms with Crippen LogP contribution in [-0.4, -0.2) is 48.7 Å². The highest BCUT2D eigenvalue weighted by Crippen LogP contribution is 2.34. The zero-order valence-corrected chi connectivity index (χ0v) is 18.8. The van der Waals surface area contributed by atoms with Crippen LogP contribution in [0, 0.1) is 0 Å². The lowest BCUT2D eigenvalue weighted by atomic mass is 10.1. The van der Waals surface area contributed by atoms with Gasteiger partial charge in [-0.25, -0.2) is 4.79 Å². The molecule has 0 N–H and O–H groups in total. The molecule has 0 bridgehead atoms. The van der Waals surface area contributed by atoms with Gasteiger partial charge in [0.05, 0.1) is 24.7 Å². The second-order valence-corrected chi connectivity index (χ2v) is 8.06. The van der Waals surface area contributed by atoms with Crippen LogP contribution in [0.15, 0.2) is 51.8 Å². The molecule has 0 radical (unpaired) electrons. The first kappa shape index (κ1) is 22.6. The number of imide groups is 1. The van der Waals surface area contributed by atoms with Crippen LogP contribution in [0.3, 0.4) is 0 Å². The minimum Gasteiger partial charge on any atom is -0.493 e. The lowest BCUT2D eigenvalue weighted by Gasteiger charge is -2.11. The van der Waals surface area contributed by atoms with E-state index in [-0.39, 0.29) is 16.4 Å². The van der Waals surface area contributed by atoms with E-state index in [1.807, 2.05) is 0 Å². The molecule has 160 valence electrons. The minimum absolute atomic E-state index is 0.148. The Bertz CT molecular complexity index is 1100. The van der Waals surface area contributed by atoms with E-state index in [2.05, 4.69) is 20.7 Å². The van der Waals surface area contributed by atoms with Crippen molar-refractivity contribution >= 4 is 56.9 Å². The second kappa shape index (κ2) is 9.80. The van der Waals surface area contributed by atoms with Gasteiger partial charge in [-0.3, -0.25) is 19.3 Å². The number of rotatable bonds is 6. The van der Waals surface area contributed by atoms with Gasteiger partial charge in [0, 0.05) is 4.47 Å². The first-order chi connectivity index (χ1) is 14.8. The maximum absolute atomic E-state index is 12.4. The number of nitrogens with zero attached hydrogens (tertiary/aromatic N) is 1. The molecule has 0 atom stereocenters. The molecule has 2 aromatic carbocycles. The lowest BCUT2D eigenvalue weighted by molar-refractivity contribution is -0.143. The van der Waals surface area contributed by atoms with Gasteiger partial charge < -0.3 is 14.2 Å². The first-order valence-electron chi connectivity index (χ1n) is 8.80. The fourth-order valence-electron chi connectivity index (χ4n) is 2.61. The summed E-state index contributed by atoms with van der Waals surface area (Å²) < 4.78 is 16.0. The number of esters is 2. The number of thioether (sulfide) groups is 1. The molecule has 0 saturated carbocycles. The van der Waals surface area contributed by atoms with Crippen LogP contribution in [-0.2, 0) is 14.3 Å². The van der Waals surface area contributed by atoms with Crippen LogP contribution in [0.5, 0.6) is 11.5 Å². The normalized spacial score (nSPS) is 14.7. The maximum Gasteiger partial charge on any atom is 0.343 e. The highest BCUT2D eigenvalue weighted by molar-refractivity contribution is 9.10. The number of halogens is 1. The van der Waals surface area contributed by atoms with E-state index in [9.17, 15) is 19.2 Å². The molecule has 0 spiro atoms. The zero-order chi connectivity index (χ0) is 22.5. The Kier molecular flexibility index (Phi) is 7.13. The molecule has 1 fully saturated rings. The lowest BCUT2D eigenvalue weighted by Crippen LogP contribution is -2.34. The highest BCUT2D eigenvalue weighted by atomic mass is 79.9. The topological polar surface area (TPSA) is 99.2 Å². The van der Waals surface area contributed by atoms with Crippen molar-refractivity contribution in [3.05, 3.63) is 63.0 Å². The maximum atomic E-state index is 12.4. The van der Waals surface area contributed by atoms with Gasteiger partial charge in [-0.15, -0.1) is 0 Å². The third-order valence-corrected chi connectivity index (χ3v) is 5.54. The highest BCUT2D eigenvalue weighted by Gasteiger charge is 2.36. The van der Waals surface area contributed by atoms with Gasteiger partial charge in [-0.05, 0) is 53.7 Å². The summed E-state index contributed by atoms with van der Waals surface area (Å²) in [7, 11) is 2.59. The summed E-state index contributed by atoms with van der Waals surface area (Å²) in [6.45, 7) is -0.452. The quantitative estimate of drug-likeness (QED) is 0.331. The van der Waals surface area contributed by atoms with Crippen molar-refractivity contribution in [1.29, 1.82) is 0 Å². The standard InChI is InChI=1S/C21H16BrNO7S/c1-28-16-8-12(9-17-19(25)23(21(27)31-17)11-18(24)29-2)6-7-15(16)30-20(26)13-4-3-5-14(22)10-13/h3-10H,11H2,1-2H3/b17-9-. The van der Waals surface area contributed by atoms with Crippen LogP contribution in [0.2, 0.25) is 0 Å². The largest absolute Gasteiger partial charge is 0.493 e. The number of hydrogen-bond donors (Lipinski definition) is 0. The first-order valence-corrected chi connectivity index (χ1v) is 10.4. The molecule has 10 heteroatoms. The molecular formula is C21H16BrNO7S. The van der Waals surface area contributed by atoms with Gasteiger partial charge in [-0.1, -0.05) is 28.1 Å². The summed E-state index contributed by atoms with van der Waals surface area (Å²) in [6, 6.07) is 11.5. The predicted molar refractivity (Wildman–Crippen MR) is 117 cm³/mol. The van der Waals surface area contributed by atoms with Gasteiger partial charge in [0.15, 0.2) is 11.5 Å². The number of carbonyl (C=O) groups is 4. The average molecular weight is 506 g/mol. The number of hydrogen-bond acceptors (Lipinski definition) is 8. The Labute approximate surface area is 190 Å². The third-order valence-electron chi connectivity index (χ3n) is 4.14. The van der Waals surface area contributed by atoms with Crippen LogP contribution >= 0.6 is 27.7 Å². The average Bonchev–Trinajstić information content (AvgIpc) is 3.01. The number of amides is 2. The van der Waals surface area contributed by atoms with E-state index in [4.69, 9.17) is 9.47 Å². The zero-order valence-electron chi connectivity index (χ0n) is 16.4. The van der Waals surface area contributed by atoms with Gasteiger partial charge in [0.1, 0.15) is 6.54 Å². The van der Waals surface area contributed by atoms with Crippen molar-refractivity contribution in [2.75, 3.05) is 20.8 Å². The summed E-state index contributed by atoms with van der Waals surface area (Å²) in [5.41, 5.74) is 0.905. The second-order valence-electron chi connectivity index (χ2n) is 6.15. The van der Waals surface area contributed by atoms with Crippen molar-refractivity contribution in [2.45, 2.75) is 0 Å². The molecule has 0 unspecified atom stereocenters. The molecule has 0 aromatic heterocycles.